The summed E-state index contributed by atoms with van der Waals surface area (Å²) < 4.78 is 5.52. The van der Waals surface area contributed by atoms with Crippen molar-refractivity contribution in [1.29, 1.82) is 0 Å². The molecule has 0 atom stereocenters. The summed E-state index contributed by atoms with van der Waals surface area (Å²) >= 11 is 0. The fourth-order valence-corrected chi connectivity index (χ4v) is 1.89. The van der Waals surface area contributed by atoms with Gasteiger partial charge in [-0.25, -0.2) is 0 Å². The van der Waals surface area contributed by atoms with Gasteiger partial charge < -0.3 is 15.8 Å². The van der Waals surface area contributed by atoms with Gasteiger partial charge in [0.15, 0.2) is 0 Å². The molecule has 1 heterocycles. The number of amides is 1. The van der Waals surface area contributed by atoms with E-state index in [9.17, 15) is 4.79 Å². The molecule has 0 bridgehead atoms. The second-order valence-corrected chi connectivity index (χ2v) is 4.97. The van der Waals surface area contributed by atoms with E-state index in [0.29, 0.717) is 36.7 Å². The Kier molecular flexibility index (Phi) is 5.43. The number of nitrogens with zero attached hydrogens (tertiary/aromatic N) is 2. The molecule has 1 amide bonds. The highest BCUT2D eigenvalue weighted by Crippen LogP contribution is 2.20. The number of ether oxygens (including phenoxy) is 1. The summed E-state index contributed by atoms with van der Waals surface area (Å²) in [6.45, 7) is 4.87. The molecule has 0 radical (unpaired) electrons. The molecule has 0 aliphatic heterocycles. The van der Waals surface area contributed by atoms with E-state index in [-0.39, 0.29) is 5.91 Å². The number of carbonyl (C=O) groups is 1. The number of aromatic nitrogens is 2. The molecule has 0 fully saturated rings. The van der Waals surface area contributed by atoms with Crippen LogP contribution in [0.3, 0.4) is 0 Å². The van der Waals surface area contributed by atoms with Crippen LogP contribution in [0.2, 0.25) is 0 Å². The topological polar surface area (TPSA) is 90.1 Å². The lowest BCUT2D eigenvalue weighted by molar-refractivity contribution is 0.0946. The summed E-state index contributed by atoms with van der Waals surface area (Å²) in [5, 5.41) is 2.83. The second-order valence-electron chi connectivity index (χ2n) is 4.97. The molecular weight excluding hydrogens is 280 g/mol. The lowest BCUT2D eigenvalue weighted by atomic mass is 10.1. The molecule has 6 nitrogen and oxygen atoms in total. The lowest BCUT2D eigenvalue weighted by Crippen LogP contribution is -2.24. The summed E-state index contributed by atoms with van der Waals surface area (Å²) in [6.07, 6.45) is 3.32. The molecule has 0 spiro atoms. The van der Waals surface area contributed by atoms with Gasteiger partial charge in [-0.05, 0) is 26.0 Å². The van der Waals surface area contributed by atoms with Crippen molar-refractivity contribution in [3.8, 4) is 5.75 Å². The summed E-state index contributed by atoms with van der Waals surface area (Å²) in [7, 11) is 0. The Labute approximate surface area is 129 Å². The Morgan fingerprint density at radius 2 is 2.09 bits per heavy atom. The normalized spacial score (nSPS) is 10.3. The summed E-state index contributed by atoms with van der Waals surface area (Å²) in [5.41, 5.74) is 8.46. The molecule has 2 aromatic rings. The number of hydrogen-bond acceptors (Lipinski definition) is 5. The van der Waals surface area contributed by atoms with Gasteiger partial charge in [0.05, 0.1) is 29.7 Å². The van der Waals surface area contributed by atoms with Crippen LogP contribution in [0.5, 0.6) is 5.75 Å². The van der Waals surface area contributed by atoms with E-state index in [1.54, 1.807) is 24.5 Å². The highest BCUT2D eigenvalue weighted by atomic mass is 16.5. The van der Waals surface area contributed by atoms with Crippen LogP contribution >= 0.6 is 0 Å². The van der Waals surface area contributed by atoms with Crippen LogP contribution in [0.25, 0.3) is 0 Å². The van der Waals surface area contributed by atoms with Crippen molar-refractivity contribution in [2.45, 2.75) is 20.4 Å². The monoisotopic (exact) mass is 300 g/mol. The van der Waals surface area contributed by atoms with Crippen LogP contribution in [-0.2, 0) is 6.54 Å². The Balaban J connectivity index is 2.07. The lowest BCUT2D eigenvalue weighted by Gasteiger charge is -2.12. The number of hydrogen-bond donors (Lipinski definition) is 2. The molecule has 0 saturated carbocycles. The number of carbonyl (C=O) groups excluding carboxylic acids is 1. The number of rotatable bonds is 6. The highest BCUT2D eigenvalue weighted by molar-refractivity contribution is 5.97. The van der Waals surface area contributed by atoms with E-state index in [1.807, 2.05) is 19.9 Å². The van der Waals surface area contributed by atoms with Gasteiger partial charge in [0.25, 0.3) is 5.91 Å². The van der Waals surface area contributed by atoms with Crippen molar-refractivity contribution in [3.63, 3.8) is 0 Å². The van der Waals surface area contributed by atoms with Crippen LogP contribution in [0.4, 0.5) is 0 Å². The van der Waals surface area contributed by atoms with Crippen LogP contribution in [0.1, 0.15) is 27.3 Å². The summed E-state index contributed by atoms with van der Waals surface area (Å²) in [5.74, 6) is 0.321. The fourth-order valence-electron chi connectivity index (χ4n) is 1.89. The quantitative estimate of drug-likeness (QED) is 0.840. The first kappa shape index (κ1) is 15.9. The van der Waals surface area contributed by atoms with Crippen molar-refractivity contribution in [1.82, 2.24) is 15.3 Å². The molecule has 22 heavy (non-hydrogen) atoms. The number of nitrogens with one attached hydrogen (secondary N) is 1. The van der Waals surface area contributed by atoms with Crippen molar-refractivity contribution in [3.05, 3.63) is 53.1 Å². The molecule has 2 rings (SSSR count). The average molecular weight is 300 g/mol. The number of nitrogens with two attached hydrogens (primary N) is 1. The molecule has 116 valence electrons. The van der Waals surface area contributed by atoms with E-state index in [0.717, 1.165) is 11.3 Å². The molecule has 1 aromatic heterocycles. The van der Waals surface area contributed by atoms with E-state index in [4.69, 9.17) is 10.5 Å². The largest absolute Gasteiger partial charge is 0.491 e. The van der Waals surface area contributed by atoms with Gasteiger partial charge in [0, 0.05) is 12.7 Å². The van der Waals surface area contributed by atoms with Crippen molar-refractivity contribution >= 4 is 5.91 Å². The molecular formula is C16H20N4O2. The second kappa shape index (κ2) is 7.51. The predicted molar refractivity (Wildman–Crippen MR) is 83.7 cm³/mol. The minimum Gasteiger partial charge on any atom is -0.491 e. The minimum absolute atomic E-state index is 0.210. The molecule has 0 unspecified atom stereocenters. The smallest absolute Gasteiger partial charge is 0.255 e. The Hall–Kier alpha value is -2.47. The van der Waals surface area contributed by atoms with Gasteiger partial charge in [0.2, 0.25) is 0 Å². The van der Waals surface area contributed by atoms with E-state index in [1.165, 1.54) is 0 Å². The molecule has 0 aliphatic rings. The zero-order valence-corrected chi connectivity index (χ0v) is 12.8. The van der Waals surface area contributed by atoms with Gasteiger partial charge in [-0.3, -0.25) is 14.8 Å². The SMILES string of the molecule is Cc1ccc(OCCN)c(C(=O)NCc2cnc(C)cn2)c1. The van der Waals surface area contributed by atoms with Gasteiger partial charge in [-0.2, -0.15) is 0 Å². The fraction of sp³-hybridized carbons (Fsp3) is 0.312. The maximum atomic E-state index is 12.4. The van der Waals surface area contributed by atoms with Crippen LogP contribution in [-0.4, -0.2) is 29.0 Å². The van der Waals surface area contributed by atoms with Crippen LogP contribution in [0, 0.1) is 13.8 Å². The Morgan fingerprint density at radius 1 is 1.27 bits per heavy atom. The zero-order valence-electron chi connectivity index (χ0n) is 12.8. The minimum atomic E-state index is -0.210. The Bertz CT molecular complexity index is 641. The standard InChI is InChI=1S/C16H20N4O2/c1-11-3-4-15(22-6-5-17)14(7-11)16(21)20-10-13-9-18-12(2)8-19-13/h3-4,7-9H,5-6,10,17H2,1-2H3,(H,20,21). The van der Waals surface area contributed by atoms with Gasteiger partial charge in [0.1, 0.15) is 12.4 Å². The first-order chi connectivity index (χ1) is 10.6. The van der Waals surface area contributed by atoms with E-state index < -0.39 is 0 Å². The van der Waals surface area contributed by atoms with Crippen LogP contribution in [0.15, 0.2) is 30.6 Å². The Morgan fingerprint density at radius 3 is 2.77 bits per heavy atom. The van der Waals surface area contributed by atoms with Gasteiger partial charge >= 0.3 is 0 Å². The average Bonchev–Trinajstić information content (AvgIpc) is 2.53. The van der Waals surface area contributed by atoms with Crippen molar-refractivity contribution < 1.29 is 9.53 Å². The first-order valence-electron chi connectivity index (χ1n) is 7.09. The summed E-state index contributed by atoms with van der Waals surface area (Å²) in [6, 6.07) is 5.47. The van der Waals surface area contributed by atoms with Crippen molar-refractivity contribution in [2.75, 3.05) is 13.2 Å². The molecule has 6 heteroatoms. The number of aryl methyl sites for hydroxylation is 2. The van der Waals surface area contributed by atoms with Crippen LogP contribution < -0.4 is 15.8 Å². The third kappa shape index (κ3) is 4.26. The highest BCUT2D eigenvalue weighted by Gasteiger charge is 2.13. The van der Waals surface area contributed by atoms with E-state index in [2.05, 4.69) is 15.3 Å². The van der Waals surface area contributed by atoms with E-state index >= 15 is 0 Å². The third-order valence-electron chi connectivity index (χ3n) is 3.02. The van der Waals surface area contributed by atoms with Gasteiger partial charge in [-0.15, -0.1) is 0 Å². The first-order valence-corrected chi connectivity index (χ1v) is 7.09. The zero-order chi connectivity index (χ0) is 15.9. The maximum absolute atomic E-state index is 12.4. The predicted octanol–water partition coefficient (Wildman–Crippen LogP) is 1.36. The molecule has 3 N–H and O–H groups in total. The summed E-state index contributed by atoms with van der Waals surface area (Å²) in [4.78, 5) is 20.7. The maximum Gasteiger partial charge on any atom is 0.255 e. The molecule has 1 aromatic carbocycles. The number of benzene rings is 1. The van der Waals surface area contributed by atoms with Gasteiger partial charge in [-0.1, -0.05) is 11.6 Å². The third-order valence-corrected chi connectivity index (χ3v) is 3.02. The molecule has 0 saturated heterocycles. The molecule has 0 aliphatic carbocycles. The van der Waals surface area contributed by atoms with Crippen molar-refractivity contribution in [2.24, 2.45) is 5.73 Å².